The molecule has 1 nitrogen and oxygen atoms in total. The van der Waals surface area contributed by atoms with Crippen LogP contribution in [0.25, 0.3) is 0 Å². The lowest BCUT2D eigenvalue weighted by molar-refractivity contribution is 0.891. The minimum Gasteiger partial charge on any atom is -0.666 e. The van der Waals surface area contributed by atoms with Gasteiger partial charge < -0.3 is 17.1 Å². The van der Waals surface area contributed by atoms with Crippen LogP contribution in [0.15, 0.2) is 0 Å². The van der Waals surface area contributed by atoms with Crippen LogP contribution in [0.1, 0.15) is 0 Å². The quantitative estimate of drug-likeness (QED) is 0.297. The van der Waals surface area contributed by atoms with Gasteiger partial charge >= 0.3 is 0 Å². The molecule has 0 aliphatic heterocycles. The topological polar surface area (TPSA) is 3.24 Å². The minimum atomic E-state index is 0.435. The monoisotopic (exact) mass is 138 g/mol. The van der Waals surface area contributed by atoms with E-state index in [4.69, 9.17) is 0 Å². The van der Waals surface area contributed by atoms with Crippen molar-refractivity contribution >= 4 is 42.0 Å². The van der Waals surface area contributed by atoms with Crippen molar-refractivity contribution in [3.63, 3.8) is 0 Å². The summed E-state index contributed by atoms with van der Waals surface area (Å²) in [4.78, 5) is 0. The average molecular weight is 138 g/mol. The van der Waals surface area contributed by atoms with Crippen molar-refractivity contribution in [1.29, 1.82) is 0 Å². The number of nitrogens with zero attached hydrogens (tertiary/aromatic N) is 1. The molecule has 0 atom stereocenters. The van der Waals surface area contributed by atoms with Crippen LogP contribution in [-0.2, 0) is 12.8 Å². The lowest BCUT2D eigenvalue weighted by Gasteiger charge is -2.22. The Morgan fingerprint density at radius 1 is 2.00 bits per heavy atom. The highest BCUT2D eigenvalue weighted by Gasteiger charge is 1.74. The van der Waals surface area contributed by atoms with E-state index in [9.17, 15) is 0 Å². The average Bonchev–Trinajstić information content (AvgIpc) is 1.36. The molecule has 0 rings (SSSR count). The largest absolute Gasteiger partial charge is 0.666 e. The van der Waals surface area contributed by atoms with Gasteiger partial charge in [0.2, 0.25) is 0 Å². The standard InChI is InChI=1S/C2H4NS3/c1-3(6)2(4)5/h1H3,(H,4,5)/q-1. The molecule has 0 saturated carbocycles. The van der Waals surface area contributed by atoms with Crippen molar-refractivity contribution in [3.05, 3.63) is 0 Å². The predicted molar refractivity (Wildman–Crippen MR) is 36.7 cm³/mol. The highest BCUT2D eigenvalue weighted by molar-refractivity contribution is 8.11. The number of thiol groups is 1. The van der Waals surface area contributed by atoms with Gasteiger partial charge in [-0.2, -0.15) is 0 Å². The van der Waals surface area contributed by atoms with E-state index >= 15 is 0 Å². The van der Waals surface area contributed by atoms with Crippen LogP contribution in [0.3, 0.4) is 0 Å². The van der Waals surface area contributed by atoms with E-state index in [0.29, 0.717) is 4.32 Å². The van der Waals surface area contributed by atoms with Crippen LogP contribution in [0, 0.1) is 0 Å². The zero-order valence-electron chi connectivity index (χ0n) is 3.21. The van der Waals surface area contributed by atoms with Gasteiger partial charge in [-0.15, -0.1) is 12.6 Å². The van der Waals surface area contributed by atoms with Crippen molar-refractivity contribution in [2.24, 2.45) is 0 Å². The maximum Gasteiger partial charge on any atom is 0.110 e. The van der Waals surface area contributed by atoms with E-state index < -0.39 is 0 Å². The van der Waals surface area contributed by atoms with Gasteiger partial charge in [0.05, 0.1) is 0 Å². The van der Waals surface area contributed by atoms with Crippen LogP contribution in [0.5, 0.6) is 0 Å². The first-order chi connectivity index (χ1) is 2.64. The fourth-order valence-corrected chi connectivity index (χ4v) is 0. The Morgan fingerprint density at radius 2 is 2.17 bits per heavy atom. The van der Waals surface area contributed by atoms with Gasteiger partial charge in [-0.1, -0.05) is 12.2 Å². The molecular formula is C2H4NS3-. The Labute approximate surface area is 53.7 Å². The SMILES string of the molecule is CN([S-])C(=S)S. The Balaban J connectivity index is 3.26. The Hall–Kier alpha value is 0.590. The summed E-state index contributed by atoms with van der Waals surface area (Å²) >= 11 is 12.8. The molecule has 0 aliphatic rings. The van der Waals surface area contributed by atoms with E-state index in [1.807, 2.05) is 0 Å². The second-order valence-electron chi connectivity index (χ2n) is 0.780. The third-order valence-corrected chi connectivity index (χ3v) is 1.28. The van der Waals surface area contributed by atoms with Crippen LogP contribution in [-0.4, -0.2) is 15.7 Å². The summed E-state index contributed by atoms with van der Waals surface area (Å²) in [7, 11) is 1.67. The first-order valence-corrected chi connectivity index (χ1v) is 2.50. The van der Waals surface area contributed by atoms with Gasteiger partial charge in [-0.05, 0) is 7.05 Å². The maximum atomic E-state index is 4.52. The highest BCUT2D eigenvalue weighted by atomic mass is 32.1. The molecule has 0 bridgehead atoms. The first kappa shape index (κ1) is 6.59. The zero-order chi connectivity index (χ0) is 5.15. The van der Waals surface area contributed by atoms with Gasteiger partial charge in [0, 0.05) is 0 Å². The molecule has 0 aromatic heterocycles. The van der Waals surface area contributed by atoms with Gasteiger partial charge in [-0.3, -0.25) is 0 Å². The molecule has 0 N–H and O–H groups in total. The number of hydrogen-bond donors (Lipinski definition) is 1. The smallest absolute Gasteiger partial charge is 0.110 e. The maximum absolute atomic E-state index is 4.52. The van der Waals surface area contributed by atoms with Crippen molar-refractivity contribution < 1.29 is 0 Å². The molecule has 0 heterocycles. The molecule has 0 saturated heterocycles. The third-order valence-electron chi connectivity index (χ3n) is 0.269. The second kappa shape index (κ2) is 2.71. The highest BCUT2D eigenvalue weighted by Crippen LogP contribution is 1.85. The summed E-state index contributed by atoms with van der Waals surface area (Å²) in [6.45, 7) is 0. The molecule has 0 fully saturated rings. The van der Waals surface area contributed by atoms with E-state index in [-0.39, 0.29) is 0 Å². The zero-order valence-corrected chi connectivity index (χ0v) is 5.74. The number of rotatable bonds is 0. The van der Waals surface area contributed by atoms with Crippen molar-refractivity contribution in [2.45, 2.75) is 0 Å². The Morgan fingerprint density at radius 3 is 2.17 bits per heavy atom. The molecule has 0 spiro atoms. The summed E-state index contributed by atoms with van der Waals surface area (Å²) < 4.78 is 1.78. The second-order valence-corrected chi connectivity index (χ2v) is 2.44. The van der Waals surface area contributed by atoms with Gasteiger partial charge in [-0.25, -0.2) is 0 Å². The van der Waals surface area contributed by atoms with E-state index in [1.54, 1.807) is 7.05 Å². The first-order valence-electron chi connectivity index (χ1n) is 1.28. The van der Waals surface area contributed by atoms with Crippen LogP contribution < -0.4 is 0 Å². The molecule has 0 radical (unpaired) electrons. The molecule has 0 unspecified atom stereocenters. The van der Waals surface area contributed by atoms with E-state index in [2.05, 4.69) is 37.7 Å². The molecular weight excluding hydrogens is 134 g/mol. The van der Waals surface area contributed by atoms with Crippen LogP contribution in [0.4, 0.5) is 0 Å². The fourth-order valence-electron chi connectivity index (χ4n) is 0. The molecule has 4 heteroatoms. The van der Waals surface area contributed by atoms with Crippen LogP contribution >= 0.6 is 24.8 Å². The van der Waals surface area contributed by atoms with Crippen molar-refractivity contribution in [1.82, 2.24) is 4.31 Å². The summed E-state index contributed by atoms with van der Waals surface area (Å²) in [5.74, 6) is 0. The minimum absolute atomic E-state index is 0.435. The number of thiocarbonyl (C=S) groups is 1. The molecule has 0 amide bonds. The molecule has 0 aromatic carbocycles. The lowest BCUT2D eigenvalue weighted by atomic mass is 11.2. The van der Waals surface area contributed by atoms with E-state index in [1.165, 1.54) is 4.31 Å². The summed E-state index contributed by atoms with van der Waals surface area (Å²) in [6.07, 6.45) is 0. The normalized spacial score (nSPS) is 7.83. The van der Waals surface area contributed by atoms with Gasteiger partial charge in [0.1, 0.15) is 4.32 Å². The third kappa shape index (κ3) is 2.81. The Bertz CT molecular complexity index is 59.8. The van der Waals surface area contributed by atoms with E-state index in [0.717, 1.165) is 0 Å². The summed E-state index contributed by atoms with van der Waals surface area (Å²) in [6, 6.07) is 0. The fraction of sp³-hybridized carbons (Fsp3) is 0.500. The molecule has 36 valence electrons. The Kier molecular flexibility index (Phi) is 2.98. The summed E-state index contributed by atoms with van der Waals surface area (Å²) in [5.41, 5.74) is 0. The lowest BCUT2D eigenvalue weighted by Crippen LogP contribution is -2.10. The molecule has 0 aliphatic carbocycles. The van der Waals surface area contributed by atoms with Crippen molar-refractivity contribution in [3.8, 4) is 0 Å². The van der Waals surface area contributed by atoms with Crippen molar-refractivity contribution in [2.75, 3.05) is 7.05 Å². The van der Waals surface area contributed by atoms with Gasteiger partial charge in [0.25, 0.3) is 0 Å². The molecule has 6 heavy (non-hydrogen) atoms. The summed E-state index contributed by atoms with van der Waals surface area (Å²) in [5, 5.41) is 0. The molecule has 0 aromatic rings. The van der Waals surface area contributed by atoms with Crippen LogP contribution in [0.2, 0.25) is 0 Å². The van der Waals surface area contributed by atoms with Gasteiger partial charge in [0.15, 0.2) is 0 Å². The predicted octanol–water partition coefficient (Wildman–Crippen LogP) is 0.595. The number of hydrogen-bond acceptors (Lipinski definition) is 2.